The fourth-order valence-corrected chi connectivity index (χ4v) is 4.94. The van der Waals surface area contributed by atoms with Crippen molar-refractivity contribution in [3.8, 4) is 5.75 Å². The molecule has 1 aliphatic heterocycles. The third-order valence-corrected chi connectivity index (χ3v) is 6.49. The Morgan fingerprint density at radius 3 is 2.41 bits per heavy atom. The number of aromatic hydroxyl groups is 1. The van der Waals surface area contributed by atoms with E-state index in [9.17, 15) is 19.7 Å². The Labute approximate surface area is 192 Å². The van der Waals surface area contributed by atoms with Crippen LogP contribution in [0.4, 0.5) is 10.1 Å². The van der Waals surface area contributed by atoms with Crippen molar-refractivity contribution in [3.63, 3.8) is 0 Å². The van der Waals surface area contributed by atoms with Crippen molar-refractivity contribution < 1.29 is 19.7 Å². The molecule has 32 heavy (non-hydrogen) atoms. The average molecular weight is 452 g/mol. The molecule has 0 radical (unpaired) electrons. The molecule has 4 rings (SSSR count). The molecule has 0 aromatic heterocycles. The summed E-state index contributed by atoms with van der Waals surface area (Å²) in [6.45, 7) is -0.146. The van der Waals surface area contributed by atoms with Crippen LogP contribution in [0.5, 0.6) is 5.75 Å². The van der Waals surface area contributed by atoms with Crippen molar-refractivity contribution in [3.05, 3.63) is 95.3 Å². The molecule has 0 unspecified atom stereocenters. The summed E-state index contributed by atoms with van der Waals surface area (Å²) in [7, 11) is 0. The Morgan fingerprint density at radius 2 is 1.75 bits per heavy atom. The lowest BCUT2D eigenvalue weighted by Gasteiger charge is -2.31. The predicted molar refractivity (Wildman–Crippen MR) is 127 cm³/mol. The van der Waals surface area contributed by atoms with Gasteiger partial charge < -0.3 is 20.2 Å². The van der Waals surface area contributed by atoms with Gasteiger partial charge in [0.15, 0.2) is 0 Å². The van der Waals surface area contributed by atoms with Crippen LogP contribution in [0.15, 0.2) is 72.8 Å². The lowest BCUT2D eigenvalue weighted by atomic mass is 9.87. The van der Waals surface area contributed by atoms with E-state index in [2.05, 4.69) is 4.90 Å². The molecule has 0 saturated carbocycles. The van der Waals surface area contributed by atoms with E-state index in [1.807, 2.05) is 42.5 Å². The maximum Gasteiger partial charge on any atom is 0.123 e. The maximum atomic E-state index is 13.2. The van der Waals surface area contributed by atoms with Crippen LogP contribution in [0.25, 0.3) is 0 Å². The minimum Gasteiger partial charge on any atom is -0.508 e. The summed E-state index contributed by atoms with van der Waals surface area (Å²) < 4.78 is 13.2. The standard InChI is InChI=1S/C26H26FNO3S/c27-20-10-7-18(8-11-20)23(30)13-9-19-15-25(32)28(21-4-2-1-3-5-21)26(19)22-12-6-17(16-29)14-24(22)31/h1-8,10-12,14,19,23,26,29-31H,9,13,15-16H2/t19-,23+,26+/m1/s1. The van der Waals surface area contributed by atoms with Gasteiger partial charge in [0.25, 0.3) is 0 Å². The molecule has 1 fully saturated rings. The lowest BCUT2D eigenvalue weighted by molar-refractivity contribution is 0.155. The van der Waals surface area contributed by atoms with Gasteiger partial charge >= 0.3 is 0 Å². The number of anilines is 1. The van der Waals surface area contributed by atoms with Crippen LogP contribution in [0.1, 0.15) is 48.1 Å². The zero-order valence-electron chi connectivity index (χ0n) is 17.6. The van der Waals surface area contributed by atoms with Crippen molar-refractivity contribution in [1.82, 2.24) is 0 Å². The Morgan fingerprint density at radius 1 is 1.03 bits per heavy atom. The highest BCUT2D eigenvalue weighted by atomic mass is 32.1. The van der Waals surface area contributed by atoms with Crippen LogP contribution >= 0.6 is 12.2 Å². The van der Waals surface area contributed by atoms with Crippen molar-refractivity contribution in [2.75, 3.05) is 4.90 Å². The summed E-state index contributed by atoms with van der Waals surface area (Å²) in [4.78, 5) is 2.87. The summed E-state index contributed by atoms with van der Waals surface area (Å²) in [6, 6.07) is 20.8. The molecule has 1 aliphatic rings. The van der Waals surface area contributed by atoms with Crippen LogP contribution < -0.4 is 4.90 Å². The Bertz CT molecular complexity index is 1070. The fraction of sp³-hybridized carbons (Fsp3) is 0.269. The second-order valence-electron chi connectivity index (χ2n) is 8.20. The van der Waals surface area contributed by atoms with Crippen molar-refractivity contribution >= 4 is 22.9 Å². The number of hydrogen-bond acceptors (Lipinski definition) is 4. The van der Waals surface area contributed by atoms with Gasteiger partial charge in [0.05, 0.1) is 23.7 Å². The minimum absolute atomic E-state index is 0.0729. The second-order valence-corrected chi connectivity index (χ2v) is 8.68. The number of rotatable bonds is 7. The van der Waals surface area contributed by atoms with E-state index in [0.717, 1.165) is 16.2 Å². The Kier molecular flexibility index (Phi) is 6.84. The number of phenols is 1. The lowest BCUT2D eigenvalue weighted by Crippen LogP contribution is -2.28. The molecule has 3 aromatic carbocycles. The van der Waals surface area contributed by atoms with E-state index in [0.29, 0.717) is 30.4 Å². The zero-order chi connectivity index (χ0) is 22.7. The van der Waals surface area contributed by atoms with Crippen LogP contribution in [-0.2, 0) is 6.61 Å². The molecular weight excluding hydrogens is 425 g/mol. The molecule has 3 N–H and O–H groups in total. The van der Waals surface area contributed by atoms with Gasteiger partial charge in [-0.25, -0.2) is 4.39 Å². The molecule has 1 heterocycles. The molecule has 166 valence electrons. The monoisotopic (exact) mass is 451 g/mol. The van der Waals surface area contributed by atoms with Crippen molar-refractivity contribution in [2.24, 2.45) is 5.92 Å². The van der Waals surface area contributed by atoms with Gasteiger partial charge in [-0.05, 0) is 60.2 Å². The first-order chi connectivity index (χ1) is 15.5. The van der Waals surface area contributed by atoms with Crippen LogP contribution in [-0.4, -0.2) is 20.3 Å². The predicted octanol–water partition coefficient (Wildman–Crippen LogP) is 5.43. The highest BCUT2D eigenvalue weighted by Gasteiger charge is 2.40. The third-order valence-electron chi connectivity index (χ3n) is 6.13. The average Bonchev–Trinajstić information content (AvgIpc) is 3.14. The fourth-order valence-electron chi connectivity index (χ4n) is 4.51. The van der Waals surface area contributed by atoms with Gasteiger partial charge in [-0.2, -0.15) is 0 Å². The normalized spacial score (nSPS) is 19.3. The zero-order valence-corrected chi connectivity index (χ0v) is 18.4. The highest BCUT2D eigenvalue weighted by molar-refractivity contribution is 7.80. The number of phenolic OH excluding ortho intramolecular Hbond substituents is 1. The number of benzene rings is 3. The molecule has 0 aliphatic carbocycles. The minimum atomic E-state index is -0.707. The largest absolute Gasteiger partial charge is 0.508 e. The summed E-state index contributed by atoms with van der Waals surface area (Å²) in [5.74, 6) is -0.137. The number of hydrogen-bond donors (Lipinski definition) is 3. The van der Waals surface area contributed by atoms with Crippen LogP contribution in [0.2, 0.25) is 0 Å². The number of nitrogens with zero attached hydrogens (tertiary/aromatic N) is 1. The molecule has 6 heteroatoms. The Balaban J connectivity index is 1.63. The van der Waals surface area contributed by atoms with Gasteiger partial charge in [0.2, 0.25) is 0 Å². The molecule has 0 bridgehead atoms. The molecule has 3 aromatic rings. The van der Waals surface area contributed by atoms with Gasteiger partial charge in [0, 0.05) is 17.7 Å². The summed E-state index contributed by atoms with van der Waals surface area (Å²) in [5, 5.41) is 30.8. The quantitative estimate of drug-likeness (QED) is 0.418. The molecular formula is C26H26FNO3S. The number of aliphatic hydroxyl groups is 2. The first-order valence-electron chi connectivity index (χ1n) is 10.7. The molecule has 3 atom stereocenters. The van der Waals surface area contributed by atoms with E-state index >= 15 is 0 Å². The SMILES string of the molecule is OCc1ccc([C@@H]2[C@H](CC[C@H](O)c3ccc(F)cc3)CC(=S)N2c2ccccc2)c(O)c1. The topological polar surface area (TPSA) is 63.9 Å². The third kappa shape index (κ3) is 4.67. The van der Waals surface area contributed by atoms with Crippen LogP contribution in [0, 0.1) is 11.7 Å². The summed E-state index contributed by atoms with van der Waals surface area (Å²) in [6.07, 6.45) is 1.12. The number of aliphatic hydroxyl groups excluding tert-OH is 2. The van der Waals surface area contributed by atoms with E-state index in [-0.39, 0.29) is 30.1 Å². The molecule has 0 spiro atoms. The molecule has 0 amide bonds. The molecule has 1 saturated heterocycles. The smallest absolute Gasteiger partial charge is 0.123 e. The van der Waals surface area contributed by atoms with Gasteiger partial charge in [0.1, 0.15) is 11.6 Å². The van der Waals surface area contributed by atoms with Crippen LogP contribution in [0.3, 0.4) is 0 Å². The molecule has 4 nitrogen and oxygen atoms in total. The number of halogens is 1. The van der Waals surface area contributed by atoms with E-state index in [4.69, 9.17) is 12.2 Å². The highest BCUT2D eigenvalue weighted by Crippen LogP contribution is 2.47. The maximum absolute atomic E-state index is 13.2. The first-order valence-corrected chi connectivity index (χ1v) is 11.1. The van der Waals surface area contributed by atoms with Gasteiger partial charge in [-0.1, -0.05) is 54.7 Å². The Hall–Kier alpha value is -2.80. The number of thiocarbonyl (C=S) groups is 1. The summed E-state index contributed by atoms with van der Waals surface area (Å²) >= 11 is 5.76. The van der Waals surface area contributed by atoms with E-state index in [1.165, 1.54) is 12.1 Å². The summed E-state index contributed by atoms with van der Waals surface area (Å²) in [5.41, 5.74) is 3.02. The van der Waals surface area contributed by atoms with Crippen molar-refractivity contribution in [2.45, 2.75) is 38.0 Å². The number of para-hydroxylation sites is 1. The van der Waals surface area contributed by atoms with E-state index in [1.54, 1.807) is 18.2 Å². The van der Waals surface area contributed by atoms with Gasteiger partial charge in [-0.15, -0.1) is 0 Å². The van der Waals surface area contributed by atoms with Gasteiger partial charge in [-0.3, -0.25) is 0 Å². The van der Waals surface area contributed by atoms with E-state index < -0.39 is 6.10 Å². The van der Waals surface area contributed by atoms with Crippen molar-refractivity contribution in [1.29, 1.82) is 0 Å². The first kappa shape index (κ1) is 22.4. The second kappa shape index (κ2) is 9.77.